The molecule has 5 heteroatoms. The first-order chi connectivity index (χ1) is 8.91. The Morgan fingerprint density at radius 3 is 2.42 bits per heavy atom. The van der Waals surface area contributed by atoms with Crippen LogP contribution in [0.1, 0.15) is 19.4 Å². The Balaban J connectivity index is 1.90. The molecule has 1 aliphatic rings. The Labute approximate surface area is 112 Å². The second-order valence-electron chi connectivity index (χ2n) is 5.20. The van der Waals surface area contributed by atoms with Crippen LogP contribution in [0.25, 0.3) is 0 Å². The van der Waals surface area contributed by atoms with E-state index in [-0.39, 0.29) is 19.8 Å². The van der Waals surface area contributed by atoms with Gasteiger partial charge < -0.3 is 19.9 Å². The van der Waals surface area contributed by atoms with Crippen molar-refractivity contribution in [2.45, 2.75) is 31.8 Å². The lowest BCUT2D eigenvalue weighted by atomic mass is 10.0. The largest absolute Gasteiger partial charge is 0.459 e. The van der Waals surface area contributed by atoms with E-state index in [0.29, 0.717) is 0 Å². The molecule has 104 valence electrons. The van der Waals surface area contributed by atoms with Crippen molar-refractivity contribution in [1.82, 2.24) is 0 Å². The van der Waals surface area contributed by atoms with Crippen LogP contribution in [0.4, 0.5) is 0 Å². The molecule has 0 aliphatic carbocycles. The smallest absolute Gasteiger partial charge is 0.331 e. The third kappa shape index (κ3) is 3.53. The molecule has 1 heterocycles. The van der Waals surface area contributed by atoms with Crippen LogP contribution in [0.2, 0.25) is 0 Å². The number of hydrogen-bond acceptors (Lipinski definition) is 5. The molecule has 1 fully saturated rings. The molecule has 0 unspecified atom stereocenters. The van der Waals surface area contributed by atoms with Gasteiger partial charge in [0.1, 0.15) is 6.61 Å². The monoisotopic (exact) mass is 265 g/mol. The lowest BCUT2D eigenvalue weighted by Crippen LogP contribution is -2.62. The zero-order valence-corrected chi connectivity index (χ0v) is 11.2. The van der Waals surface area contributed by atoms with Gasteiger partial charge in [0.05, 0.1) is 13.2 Å². The minimum absolute atomic E-state index is 0.0909. The first kappa shape index (κ1) is 14.0. The summed E-state index contributed by atoms with van der Waals surface area (Å²) in [6.07, 6.45) is 0. The molecule has 1 aromatic rings. The maximum atomic E-state index is 12.0. The summed E-state index contributed by atoms with van der Waals surface area (Å²) >= 11 is 0. The number of carbonyl (C=O) groups excluding carboxylic acids is 1. The van der Waals surface area contributed by atoms with E-state index in [1.807, 2.05) is 30.3 Å². The van der Waals surface area contributed by atoms with Crippen LogP contribution in [0.15, 0.2) is 30.3 Å². The van der Waals surface area contributed by atoms with Gasteiger partial charge in [-0.05, 0) is 19.4 Å². The van der Waals surface area contributed by atoms with Crippen LogP contribution >= 0.6 is 0 Å². The van der Waals surface area contributed by atoms with Gasteiger partial charge in [0.25, 0.3) is 0 Å². The van der Waals surface area contributed by atoms with Gasteiger partial charge in [-0.3, -0.25) is 0 Å². The molecule has 5 nitrogen and oxygen atoms in total. The summed E-state index contributed by atoms with van der Waals surface area (Å²) in [5.41, 5.74) is 5.65. The van der Waals surface area contributed by atoms with Crippen molar-refractivity contribution in [3.8, 4) is 0 Å². The zero-order valence-electron chi connectivity index (χ0n) is 11.2. The van der Waals surface area contributed by atoms with Gasteiger partial charge in [-0.25, -0.2) is 4.79 Å². The molecule has 2 N–H and O–H groups in total. The van der Waals surface area contributed by atoms with Crippen LogP contribution < -0.4 is 5.73 Å². The molecule has 0 bridgehead atoms. The summed E-state index contributed by atoms with van der Waals surface area (Å²) in [5.74, 6) is -1.21. The summed E-state index contributed by atoms with van der Waals surface area (Å²) in [6, 6.07) is 9.44. The van der Waals surface area contributed by atoms with Crippen molar-refractivity contribution >= 4 is 5.97 Å². The second kappa shape index (κ2) is 5.28. The van der Waals surface area contributed by atoms with E-state index in [1.54, 1.807) is 13.8 Å². The average Bonchev–Trinajstić information content (AvgIpc) is 2.41. The normalized spacial score (nSPS) is 20.8. The molecule has 1 aromatic carbocycles. The fourth-order valence-electron chi connectivity index (χ4n) is 1.67. The summed E-state index contributed by atoms with van der Waals surface area (Å²) in [5, 5.41) is 0. The SMILES string of the molecule is CC1(C)OCC(N)(C(=O)OCc2ccccc2)CO1. The van der Waals surface area contributed by atoms with Gasteiger partial charge in [-0.2, -0.15) is 0 Å². The van der Waals surface area contributed by atoms with E-state index in [4.69, 9.17) is 19.9 Å². The van der Waals surface area contributed by atoms with Gasteiger partial charge in [0.2, 0.25) is 0 Å². The quantitative estimate of drug-likeness (QED) is 0.832. The lowest BCUT2D eigenvalue weighted by molar-refractivity contribution is -0.267. The van der Waals surface area contributed by atoms with E-state index in [2.05, 4.69) is 0 Å². The molecule has 19 heavy (non-hydrogen) atoms. The van der Waals surface area contributed by atoms with Gasteiger partial charge in [-0.1, -0.05) is 30.3 Å². The zero-order chi connectivity index (χ0) is 13.9. The van der Waals surface area contributed by atoms with Crippen LogP contribution in [0, 0.1) is 0 Å². The van der Waals surface area contributed by atoms with Gasteiger partial charge in [0.15, 0.2) is 11.3 Å². The fraction of sp³-hybridized carbons (Fsp3) is 0.500. The number of ether oxygens (including phenoxy) is 3. The van der Waals surface area contributed by atoms with Crippen molar-refractivity contribution in [3.63, 3.8) is 0 Å². The van der Waals surface area contributed by atoms with E-state index in [1.165, 1.54) is 0 Å². The summed E-state index contributed by atoms with van der Waals surface area (Å²) in [7, 11) is 0. The number of rotatable bonds is 3. The molecular formula is C14H19NO4. The topological polar surface area (TPSA) is 70.8 Å². The van der Waals surface area contributed by atoms with Crippen molar-refractivity contribution < 1.29 is 19.0 Å². The predicted octanol–water partition coefficient (Wildman–Crippen LogP) is 1.21. The van der Waals surface area contributed by atoms with E-state index in [9.17, 15) is 4.79 Å². The average molecular weight is 265 g/mol. The molecule has 1 aliphatic heterocycles. The Morgan fingerprint density at radius 2 is 1.84 bits per heavy atom. The highest BCUT2D eigenvalue weighted by Gasteiger charge is 2.44. The van der Waals surface area contributed by atoms with Crippen molar-refractivity contribution in [2.24, 2.45) is 5.73 Å². The summed E-state index contributed by atoms with van der Waals surface area (Å²) in [6.45, 7) is 3.94. The van der Waals surface area contributed by atoms with Crippen LogP contribution in [0.3, 0.4) is 0 Å². The second-order valence-corrected chi connectivity index (χ2v) is 5.20. The molecule has 0 amide bonds. The fourth-order valence-corrected chi connectivity index (χ4v) is 1.67. The predicted molar refractivity (Wildman–Crippen MR) is 69.1 cm³/mol. The number of nitrogens with two attached hydrogens (primary N) is 1. The molecule has 0 spiro atoms. The highest BCUT2D eigenvalue weighted by Crippen LogP contribution is 2.23. The molecule has 0 aromatic heterocycles. The Morgan fingerprint density at radius 1 is 1.26 bits per heavy atom. The maximum Gasteiger partial charge on any atom is 0.331 e. The minimum atomic E-state index is -1.23. The highest BCUT2D eigenvalue weighted by molar-refractivity contribution is 5.81. The van der Waals surface area contributed by atoms with Crippen molar-refractivity contribution in [3.05, 3.63) is 35.9 Å². The van der Waals surface area contributed by atoms with Crippen molar-refractivity contribution in [1.29, 1.82) is 0 Å². The molecule has 1 saturated heterocycles. The molecule has 0 radical (unpaired) electrons. The summed E-state index contributed by atoms with van der Waals surface area (Å²) < 4.78 is 16.0. The van der Waals surface area contributed by atoms with Crippen molar-refractivity contribution in [2.75, 3.05) is 13.2 Å². The first-order valence-electron chi connectivity index (χ1n) is 6.19. The lowest BCUT2D eigenvalue weighted by Gasteiger charge is -2.39. The minimum Gasteiger partial charge on any atom is -0.459 e. The number of benzene rings is 1. The highest BCUT2D eigenvalue weighted by atomic mass is 16.7. The number of carbonyl (C=O) groups is 1. The van der Waals surface area contributed by atoms with Crippen LogP contribution in [-0.4, -0.2) is 30.5 Å². The maximum absolute atomic E-state index is 12.0. The van der Waals surface area contributed by atoms with E-state index >= 15 is 0 Å². The third-order valence-electron chi connectivity index (χ3n) is 2.97. The molecular weight excluding hydrogens is 246 g/mol. The third-order valence-corrected chi connectivity index (χ3v) is 2.97. The Hall–Kier alpha value is -1.43. The van der Waals surface area contributed by atoms with Crippen LogP contribution in [0.5, 0.6) is 0 Å². The summed E-state index contributed by atoms with van der Waals surface area (Å²) in [4.78, 5) is 12.0. The van der Waals surface area contributed by atoms with Gasteiger partial charge in [0, 0.05) is 0 Å². The Kier molecular flexibility index (Phi) is 3.89. The van der Waals surface area contributed by atoms with E-state index in [0.717, 1.165) is 5.56 Å². The molecule has 0 atom stereocenters. The van der Waals surface area contributed by atoms with Crippen LogP contribution in [-0.2, 0) is 25.6 Å². The molecule has 2 rings (SSSR count). The van der Waals surface area contributed by atoms with Gasteiger partial charge in [-0.15, -0.1) is 0 Å². The molecule has 0 saturated carbocycles. The Bertz CT molecular complexity index is 434. The number of hydrogen-bond donors (Lipinski definition) is 1. The van der Waals surface area contributed by atoms with Gasteiger partial charge >= 0.3 is 5.97 Å². The van der Waals surface area contributed by atoms with E-state index < -0.39 is 17.3 Å². The first-order valence-corrected chi connectivity index (χ1v) is 6.19. The standard InChI is InChI=1S/C14H19NO4/c1-13(2)18-9-14(15,10-19-13)12(16)17-8-11-6-4-3-5-7-11/h3-7H,8-10,15H2,1-2H3. The number of esters is 1.